The van der Waals surface area contributed by atoms with Crippen LogP contribution in [0.15, 0.2) is 176 Å². The maximum Gasteiger partial charge on any atom is 0.164 e. The van der Waals surface area contributed by atoms with Gasteiger partial charge in [-0.05, 0) is 57.3 Å². The van der Waals surface area contributed by atoms with Crippen LogP contribution < -0.4 is 0 Å². The SMILES string of the molecule is c1ccc2c(-c3nc(-c4ccc(-c5ccnc6c5ccc5cccnc56)cc4)nc(-c4ccc(-c5ccnc6c5ccc5cccnc56)cc4)n3)cccc2c1. The fraction of sp³-hybridized carbons (Fsp3) is 0. The molecule has 11 aromatic rings. The van der Waals surface area contributed by atoms with Crippen molar-refractivity contribution >= 4 is 54.4 Å². The van der Waals surface area contributed by atoms with Crippen LogP contribution in [-0.4, -0.2) is 34.9 Å². The lowest BCUT2D eigenvalue weighted by molar-refractivity contribution is 1.08. The number of rotatable bonds is 5. The molecule has 0 N–H and O–H groups in total. The summed E-state index contributed by atoms with van der Waals surface area (Å²) in [6.45, 7) is 0. The van der Waals surface area contributed by atoms with Crippen LogP contribution >= 0.6 is 0 Å². The fourth-order valence-electron chi connectivity index (χ4n) is 7.78. The molecule has 0 aliphatic rings. The zero-order valence-corrected chi connectivity index (χ0v) is 29.9. The van der Waals surface area contributed by atoms with Crippen molar-refractivity contribution in [1.82, 2.24) is 34.9 Å². The summed E-state index contributed by atoms with van der Waals surface area (Å²) >= 11 is 0. The molecule has 0 unspecified atom stereocenters. The molecule has 0 fully saturated rings. The predicted octanol–water partition coefficient (Wildman–Crippen LogP) is 11.6. The molecular weight excluding hydrogens is 687 g/mol. The van der Waals surface area contributed by atoms with Gasteiger partial charge in [0.2, 0.25) is 0 Å². The quantitative estimate of drug-likeness (QED) is 0.164. The van der Waals surface area contributed by atoms with Crippen LogP contribution in [0.3, 0.4) is 0 Å². The Labute approximate surface area is 321 Å². The van der Waals surface area contributed by atoms with Crippen LogP contribution in [0.25, 0.3) is 111 Å². The Bertz CT molecular complexity index is 3120. The smallest absolute Gasteiger partial charge is 0.164 e. The lowest BCUT2D eigenvalue weighted by Crippen LogP contribution is -2.00. The minimum Gasteiger partial charge on any atom is -0.254 e. The topological polar surface area (TPSA) is 90.2 Å². The highest BCUT2D eigenvalue weighted by Crippen LogP contribution is 2.35. The van der Waals surface area contributed by atoms with E-state index in [4.69, 9.17) is 24.9 Å². The summed E-state index contributed by atoms with van der Waals surface area (Å²) in [5.41, 5.74) is 10.6. The number of fused-ring (bicyclic) bond motifs is 7. The Kier molecular flexibility index (Phi) is 7.35. The Morgan fingerprint density at radius 3 is 1.29 bits per heavy atom. The van der Waals surface area contributed by atoms with E-state index in [-0.39, 0.29) is 0 Å². The van der Waals surface area contributed by atoms with Gasteiger partial charge in [0.05, 0.1) is 22.1 Å². The van der Waals surface area contributed by atoms with E-state index in [1.165, 1.54) is 0 Å². The third-order valence-electron chi connectivity index (χ3n) is 10.5. The van der Waals surface area contributed by atoms with E-state index in [1.807, 2.05) is 36.9 Å². The summed E-state index contributed by atoms with van der Waals surface area (Å²) in [6, 6.07) is 52.1. The number of hydrogen-bond acceptors (Lipinski definition) is 7. The second-order valence-electron chi connectivity index (χ2n) is 13.8. The van der Waals surface area contributed by atoms with Crippen molar-refractivity contribution in [2.75, 3.05) is 0 Å². The lowest BCUT2D eigenvalue weighted by atomic mass is 9.98. The maximum absolute atomic E-state index is 5.11. The van der Waals surface area contributed by atoms with Crippen molar-refractivity contribution in [3.8, 4) is 56.4 Å². The zero-order valence-electron chi connectivity index (χ0n) is 29.9. The first-order chi connectivity index (χ1) is 27.7. The standard InChI is InChI=1S/C49H29N7/c1-2-10-37-30(6-1)7-3-11-42(37)49-55-47(35-16-12-31(13-17-35)38-24-28-52-45-40(38)22-20-33-8-4-26-50-43(33)45)54-48(56-49)36-18-14-32(15-19-36)39-25-29-53-46-41(39)23-21-34-9-5-27-51-44(34)46/h1-29H. The van der Waals surface area contributed by atoms with E-state index in [2.05, 4.69) is 149 Å². The summed E-state index contributed by atoms with van der Waals surface area (Å²) in [5, 5.41) is 6.46. The molecule has 0 bridgehead atoms. The van der Waals surface area contributed by atoms with Gasteiger partial charge in [0.25, 0.3) is 0 Å². The Morgan fingerprint density at radius 1 is 0.250 bits per heavy atom. The van der Waals surface area contributed by atoms with Gasteiger partial charge in [-0.1, -0.05) is 127 Å². The van der Waals surface area contributed by atoms with E-state index >= 15 is 0 Å². The number of benzene rings is 6. The molecule has 0 saturated heterocycles. The molecule has 0 aliphatic heterocycles. The summed E-state index contributed by atoms with van der Waals surface area (Å²) in [5.74, 6) is 1.82. The minimum absolute atomic E-state index is 0.600. The summed E-state index contributed by atoms with van der Waals surface area (Å²) < 4.78 is 0. The van der Waals surface area contributed by atoms with Gasteiger partial charge >= 0.3 is 0 Å². The molecule has 0 radical (unpaired) electrons. The van der Waals surface area contributed by atoms with Crippen molar-refractivity contribution in [3.63, 3.8) is 0 Å². The van der Waals surface area contributed by atoms with Crippen molar-refractivity contribution in [3.05, 3.63) is 176 Å². The van der Waals surface area contributed by atoms with Crippen LogP contribution in [0, 0.1) is 0 Å². The van der Waals surface area contributed by atoms with Crippen molar-refractivity contribution in [1.29, 1.82) is 0 Å². The number of nitrogens with zero attached hydrogens (tertiary/aromatic N) is 7. The molecule has 0 aliphatic carbocycles. The minimum atomic E-state index is 0.600. The molecule has 5 heterocycles. The van der Waals surface area contributed by atoms with Gasteiger partial charge in [0, 0.05) is 63.0 Å². The van der Waals surface area contributed by atoms with Gasteiger partial charge < -0.3 is 0 Å². The first kappa shape index (κ1) is 31.7. The third-order valence-corrected chi connectivity index (χ3v) is 10.5. The van der Waals surface area contributed by atoms with Gasteiger partial charge in [-0.15, -0.1) is 0 Å². The summed E-state index contributed by atoms with van der Waals surface area (Å²) in [6.07, 6.45) is 7.35. The van der Waals surface area contributed by atoms with Crippen molar-refractivity contribution < 1.29 is 0 Å². The first-order valence-electron chi connectivity index (χ1n) is 18.5. The molecular formula is C49H29N7. The fourth-order valence-corrected chi connectivity index (χ4v) is 7.78. The molecule has 5 aromatic heterocycles. The van der Waals surface area contributed by atoms with E-state index in [0.29, 0.717) is 17.5 Å². The lowest BCUT2D eigenvalue weighted by Gasteiger charge is -2.12. The number of aromatic nitrogens is 7. The van der Waals surface area contributed by atoms with Crippen LogP contribution in [-0.2, 0) is 0 Å². The van der Waals surface area contributed by atoms with E-state index in [9.17, 15) is 0 Å². The Balaban J connectivity index is 1.02. The highest BCUT2D eigenvalue weighted by Gasteiger charge is 2.16. The van der Waals surface area contributed by atoms with Crippen molar-refractivity contribution in [2.24, 2.45) is 0 Å². The Morgan fingerprint density at radius 2 is 0.714 bits per heavy atom. The summed E-state index contributed by atoms with van der Waals surface area (Å²) in [4.78, 5) is 34.0. The molecule has 0 spiro atoms. The molecule has 0 atom stereocenters. The van der Waals surface area contributed by atoms with Crippen LogP contribution in [0.2, 0.25) is 0 Å². The predicted molar refractivity (Wildman–Crippen MR) is 226 cm³/mol. The molecule has 0 saturated carbocycles. The molecule has 6 aromatic carbocycles. The first-order valence-corrected chi connectivity index (χ1v) is 18.5. The highest BCUT2D eigenvalue weighted by molar-refractivity contribution is 6.09. The van der Waals surface area contributed by atoms with Gasteiger partial charge in [-0.25, -0.2) is 15.0 Å². The van der Waals surface area contributed by atoms with Crippen molar-refractivity contribution in [2.45, 2.75) is 0 Å². The van der Waals surface area contributed by atoms with Crippen LogP contribution in [0.1, 0.15) is 0 Å². The van der Waals surface area contributed by atoms with Crippen LogP contribution in [0.5, 0.6) is 0 Å². The molecule has 0 amide bonds. The summed E-state index contributed by atoms with van der Waals surface area (Å²) in [7, 11) is 0. The molecule has 7 heteroatoms. The average Bonchev–Trinajstić information content (AvgIpc) is 3.28. The second kappa shape index (κ2) is 13.0. The monoisotopic (exact) mass is 715 g/mol. The highest BCUT2D eigenvalue weighted by atomic mass is 15.0. The Hall–Kier alpha value is -7.77. The van der Waals surface area contributed by atoms with Gasteiger partial charge in [-0.2, -0.15) is 0 Å². The molecule has 11 rings (SSSR count). The number of hydrogen-bond donors (Lipinski definition) is 0. The van der Waals surface area contributed by atoms with E-state index in [0.717, 1.165) is 93.3 Å². The molecule has 260 valence electrons. The zero-order chi connectivity index (χ0) is 37.0. The maximum atomic E-state index is 5.11. The van der Waals surface area contributed by atoms with E-state index in [1.54, 1.807) is 0 Å². The largest absolute Gasteiger partial charge is 0.254 e. The van der Waals surface area contributed by atoms with Gasteiger partial charge in [-0.3, -0.25) is 19.9 Å². The van der Waals surface area contributed by atoms with Gasteiger partial charge in [0.1, 0.15) is 0 Å². The van der Waals surface area contributed by atoms with Crippen LogP contribution in [0.4, 0.5) is 0 Å². The average molecular weight is 716 g/mol. The number of pyridine rings is 4. The van der Waals surface area contributed by atoms with Gasteiger partial charge in [0.15, 0.2) is 17.5 Å². The third kappa shape index (κ3) is 5.33. The molecule has 7 nitrogen and oxygen atoms in total. The van der Waals surface area contributed by atoms with E-state index < -0.39 is 0 Å². The normalized spacial score (nSPS) is 11.6. The molecule has 56 heavy (non-hydrogen) atoms. The second-order valence-corrected chi connectivity index (χ2v) is 13.8.